The molecule has 1 N–H and O–H groups in total. The third-order valence-corrected chi connectivity index (χ3v) is 4.09. The average Bonchev–Trinajstić information content (AvgIpc) is 2.77. The fourth-order valence-electron chi connectivity index (χ4n) is 2.92. The Kier molecular flexibility index (Phi) is 3.67. The average molecular weight is 304 g/mol. The Labute approximate surface area is 121 Å². The first-order valence-corrected chi connectivity index (χ1v) is 6.69. The van der Waals surface area contributed by atoms with Crippen LogP contribution >= 0.6 is 0 Å². The van der Waals surface area contributed by atoms with Crippen molar-refractivity contribution in [1.82, 2.24) is 14.7 Å². The number of hydrogen-bond acceptors (Lipinski definition) is 2. The quantitative estimate of drug-likeness (QED) is 0.867. The fourth-order valence-corrected chi connectivity index (χ4v) is 2.92. The number of urea groups is 1. The molecule has 0 aromatic carbocycles. The predicted molar refractivity (Wildman–Crippen MR) is 71.9 cm³/mol. The van der Waals surface area contributed by atoms with Crippen LogP contribution in [0, 0.1) is 12.8 Å². The molecule has 5 nitrogen and oxygen atoms in total. The number of nitrogens with one attached hydrogen (secondary N) is 1. The maximum absolute atomic E-state index is 13.0. The van der Waals surface area contributed by atoms with Crippen molar-refractivity contribution in [2.24, 2.45) is 13.0 Å². The Morgan fingerprint density at radius 2 is 2.10 bits per heavy atom. The molecule has 0 saturated carbocycles. The van der Waals surface area contributed by atoms with Crippen molar-refractivity contribution in [2.75, 3.05) is 11.9 Å². The van der Waals surface area contributed by atoms with Crippen LogP contribution in [0.25, 0.3) is 0 Å². The third kappa shape index (κ3) is 2.84. The van der Waals surface area contributed by atoms with E-state index in [2.05, 4.69) is 10.4 Å². The first-order chi connectivity index (χ1) is 9.53. The molecule has 21 heavy (non-hydrogen) atoms. The van der Waals surface area contributed by atoms with E-state index < -0.39 is 23.7 Å². The first-order valence-electron chi connectivity index (χ1n) is 6.69. The van der Waals surface area contributed by atoms with Crippen molar-refractivity contribution in [3.8, 4) is 0 Å². The molecular weight excluding hydrogens is 285 g/mol. The number of aryl methyl sites for hydroxylation is 2. The summed E-state index contributed by atoms with van der Waals surface area (Å²) in [5, 5.41) is 6.72. The van der Waals surface area contributed by atoms with E-state index in [4.69, 9.17) is 0 Å². The molecule has 2 rings (SSSR count). The van der Waals surface area contributed by atoms with Gasteiger partial charge in [0.1, 0.15) is 0 Å². The summed E-state index contributed by atoms with van der Waals surface area (Å²) in [7, 11) is 1.71. The maximum atomic E-state index is 13.0. The molecule has 1 aliphatic heterocycles. The Morgan fingerprint density at radius 3 is 2.52 bits per heavy atom. The first kappa shape index (κ1) is 15.7. The SMILES string of the molecule is Cc1nn(C)cc1NC(=O)N1CCC(C(F)(F)F)C1(C)C. The molecule has 1 aromatic rings. The van der Waals surface area contributed by atoms with Crippen molar-refractivity contribution < 1.29 is 18.0 Å². The molecular formula is C13H19F3N4O. The van der Waals surface area contributed by atoms with E-state index in [0.29, 0.717) is 11.4 Å². The number of alkyl halides is 3. The van der Waals surface area contributed by atoms with Crippen LogP contribution in [-0.4, -0.2) is 39.0 Å². The summed E-state index contributed by atoms with van der Waals surface area (Å²) in [6, 6.07) is -0.525. The minimum Gasteiger partial charge on any atom is -0.319 e. The lowest BCUT2D eigenvalue weighted by atomic mass is 9.88. The summed E-state index contributed by atoms with van der Waals surface area (Å²) in [5.41, 5.74) is -0.137. The molecule has 2 amide bonds. The standard InChI is InChI=1S/C13H19F3N4O/c1-8-9(7-19(4)18-8)17-11(21)20-6-5-10(12(20,2)3)13(14,15)16/h7,10H,5-6H2,1-4H3,(H,17,21). The molecule has 1 aromatic heterocycles. The normalized spacial score (nSPS) is 21.7. The van der Waals surface area contributed by atoms with Crippen molar-refractivity contribution >= 4 is 11.7 Å². The Bertz CT molecular complexity index is 550. The van der Waals surface area contributed by atoms with E-state index in [9.17, 15) is 18.0 Å². The number of aromatic nitrogens is 2. The number of halogens is 3. The summed E-state index contributed by atoms with van der Waals surface area (Å²) >= 11 is 0. The Balaban J connectivity index is 2.15. The highest BCUT2D eigenvalue weighted by molar-refractivity contribution is 5.90. The molecule has 1 saturated heterocycles. The minimum absolute atomic E-state index is 0.0735. The van der Waals surface area contributed by atoms with Crippen LogP contribution in [0.2, 0.25) is 0 Å². The predicted octanol–water partition coefficient (Wildman–Crippen LogP) is 2.92. The topological polar surface area (TPSA) is 50.2 Å². The van der Waals surface area contributed by atoms with Crippen LogP contribution in [0.15, 0.2) is 6.20 Å². The van der Waals surface area contributed by atoms with Crippen LogP contribution in [0.4, 0.5) is 23.7 Å². The smallest absolute Gasteiger partial charge is 0.319 e. The number of carbonyl (C=O) groups excluding carboxylic acids is 1. The van der Waals surface area contributed by atoms with E-state index in [0.717, 1.165) is 0 Å². The van der Waals surface area contributed by atoms with Gasteiger partial charge in [-0.1, -0.05) is 0 Å². The van der Waals surface area contributed by atoms with E-state index in [-0.39, 0.29) is 13.0 Å². The van der Waals surface area contributed by atoms with Crippen molar-refractivity contribution in [2.45, 2.75) is 38.9 Å². The summed E-state index contributed by atoms with van der Waals surface area (Å²) in [6.45, 7) is 4.72. The van der Waals surface area contributed by atoms with E-state index in [1.165, 1.54) is 18.7 Å². The molecule has 1 atom stereocenters. The molecule has 0 spiro atoms. The summed E-state index contributed by atoms with van der Waals surface area (Å²) in [6.07, 6.45) is -2.75. The van der Waals surface area contributed by atoms with Gasteiger partial charge in [0.15, 0.2) is 0 Å². The second-order valence-electron chi connectivity index (χ2n) is 5.92. The Hall–Kier alpha value is -1.73. The molecule has 8 heteroatoms. The lowest BCUT2D eigenvalue weighted by molar-refractivity contribution is -0.189. The lowest BCUT2D eigenvalue weighted by Gasteiger charge is -2.36. The Morgan fingerprint density at radius 1 is 1.48 bits per heavy atom. The highest BCUT2D eigenvalue weighted by Gasteiger charge is 2.56. The monoisotopic (exact) mass is 304 g/mol. The van der Waals surface area contributed by atoms with Gasteiger partial charge < -0.3 is 10.2 Å². The van der Waals surface area contributed by atoms with Crippen molar-refractivity contribution in [3.63, 3.8) is 0 Å². The number of anilines is 1. The molecule has 1 aliphatic rings. The number of hydrogen-bond donors (Lipinski definition) is 1. The third-order valence-electron chi connectivity index (χ3n) is 4.09. The highest BCUT2D eigenvalue weighted by atomic mass is 19.4. The molecule has 118 valence electrons. The van der Waals surface area contributed by atoms with Gasteiger partial charge in [0.05, 0.1) is 22.8 Å². The molecule has 0 radical (unpaired) electrons. The zero-order chi connectivity index (χ0) is 16.0. The molecule has 0 aliphatic carbocycles. The summed E-state index contributed by atoms with van der Waals surface area (Å²) < 4.78 is 40.6. The van der Waals surface area contributed by atoms with Crippen molar-refractivity contribution in [1.29, 1.82) is 0 Å². The van der Waals surface area contributed by atoms with Gasteiger partial charge in [-0.25, -0.2) is 4.79 Å². The van der Waals surface area contributed by atoms with E-state index in [1.807, 2.05) is 0 Å². The largest absolute Gasteiger partial charge is 0.394 e. The number of amides is 2. The zero-order valence-corrected chi connectivity index (χ0v) is 12.5. The lowest BCUT2D eigenvalue weighted by Crippen LogP contribution is -2.51. The van der Waals surface area contributed by atoms with Gasteiger partial charge in [0.25, 0.3) is 0 Å². The van der Waals surface area contributed by atoms with Crippen molar-refractivity contribution in [3.05, 3.63) is 11.9 Å². The van der Waals surface area contributed by atoms with Gasteiger partial charge in [-0.3, -0.25) is 4.68 Å². The highest BCUT2D eigenvalue weighted by Crippen LogP contribution is 2.44. The number of rotatable bonds is 1. The van der Waals surface area contributed by atoms with Crippen LogP contribution < -0.4 is 5.32 Å². The van der Waals surface area contributed by atoms with Gasteiger partial charge in [0, 0.05) is 19.8 Å². The van der Waals surface area contributed by atoms with Gasteiger partial charge in [-0.05, 0) is 27.2 Å². The number of nitrogens with zero attached hydrogens (tertiary/aromatic N) is 3. The second-order valence-corrected chi connectivity index (χ2v) is 5.92. The zero-order valence-electron chi connectivity index (χ0n) is 12.5. The number of carbonyl (C=O) groups is 1. The van der Waals surface area contributed by atoms with E-state index in [1.54, 1.807) is 24.9 Å². The molecule has 2 heterocycles. The summed E-state index contributed by atoms with van der Waals surface area (Å²) in [4.78, 5) is 13.5. The van der Waals surface area contributed by atoms with Crippen LogP contribution in [-0.2, 0) is 7.05 Å². The van der Waals surface area contributed by atoms with Gasteiger partial charge >= 0.3 is 12.2 Å². The molecule has 1 fully saturated rings. The van der Waals surface area contributed by atoms with E-state index >= 15 is 0 Å². The van der Waals surface area contributed by atoms with Gasteiger partial charge in [-0.2, -0.15) is 18.3 Å². The summed E-state index contributed by atoms with van der Waals surface area (Å²) in [5.74, 6) is -1.51. The maximum Gasteiger partial charge on any atom is 0.394 e. The van der Waals surface area contributed by atoms with Crippen LogP contribution in [0.1, 0.15) is 26.0 Å². The molecule has 0 bridgehead atoms. The van der Waals surface area contributed by atoms with Gasteiger partial charge in [0.2, 0.25) is 0 Å². The van der Waals surface area contributed by atoms with Crippen LogP contribution in [0.5, 0.6) is 0 Å². The molecule has 1 unspecified atom stereocenters. The van der Waals surface area contributed by atoms with Gasteiger partial charge in [-0.15, -0.1) is 0 Å². The fraction of sp³-hybridized carbons (Fsp3) is 0.692. The minimum atomic E-state index is -4.30. The van der Waals surface area contributed by atoms with Crippen LogP contribution in [0.3, 0.4) is 0 Å². The number of likely N-dealkylation sites (tertiary alicyclic amines) is 1. The second kappa shape index (κ2) is 4.92.